The molecule has 0 saturated heterocycles. The molecule has 2 amide bonds. The Morgan fingerprint density at radius 3 is 2.21 bits per heavy atom. The molecule has 0 radical (unpaired) electrons. The number of aliphatic hydroxyl groups excluding tert-OH is 1. The summed E-state index contributed by atoms with van der Waals surface area (Å²) in [6, 6.07) is -2.16. The van der Waals surface area contributed by atoms with E-state index in [0.29, 0.717) is 0 Å². The van der Waals surface area contributed by atoms with Crippen molar-refractivity contribution in [1.82, 2.24) is 15.3 Å². The highest BCUT2D eigenvalue weighted by molar-refractivity contribution is 5.93. The van der Waals surface area contributed by atoms with Crippen LogP contribution in [-0.4, -0.2) is 75.3 Å². The zero-order chi connectivity index (χ0) is 29.2. The Morgan fingerprint density at radius 1 is 1.11 bits per heavy atom. The van der Waals surface area contributed by atoms with Gasteiger partial charge in [0.25, 0.3) is 5.56 Å². The third-order valence-electron chi connectivity index (χ3n) is 5.32. The van der Waals surface area contributed by atoms with E-state index in [4.69, 9.17) is 19.9 Å². The first-order valence-corrected chi connectivity index (χ1v) is 12.3. The molecule has 0 bridgehead atoms. The van der Waals surface area contributed by atoms with Crippen LogP contribution in [-0.2, 0) is 19.0 Å². The topological polar surface area (TPSA) is 198 Å². The standard InChI is InChI=1S/C24H40N6O8/c1-11(2)14(27-21(34)37-23(4,5)6)19(33)36-12(3)16(31)13-10-26-17-15(18(32)29-20(25)28-17)30(13)22(35)38-24(7,8)9/h11-14,16,31H,10H2,1-9H3,(H,27,34)(H4,25,26,28,29,32)/t12-,13?,14-,16-/m0/s1. The summed E-state index contributed by atoms with van der Waals surface area (Å²) in [6.45, 7) is 14.8. The number of ether oxygens (including phenoxy) is 3. The number of rotatable bonds is 6. The van der Waals surface area contributed by atoms with Crippen molar-refractivity contribution in [3.8, 4) is 0 Å². The molecule has 1 aromatic rings. The Morgan fingerprint density at radius 2 is 1.68 bits per heavy atom. The van der Waals surface area contributed by atoms with E-state index >= 15 is 0 Å². The van der Waals surface area contributed by atoms with Crippen LogP contribution in [0.5, 0.6) is 0 Å². The van der Waals surface area contributed by atoms with Gasteiger partial charge in [0.2, 0.25) is 5.95 Å². The van der Waals surface area contributed by atoms with Crippen LogP contribution in [0.1, 0.15) is 62.3 Å². The lowest BCUT2D eigenvalue weighted by molar-refractivity contribution is -0.158. The number of hydrogen-bond acceptors (Lipinski definition) is 11. The van der Waals surface area contributed by atoms with Gasteiger partial charge in [-0.3, -0.25) is 14.7 Å². The lowest BCUT2D eigenvalue weighted by Crippen LogP contribution is -2.59. The number of amides is 2. The van der Waals surface area contributed by atoms with Crippen molar-refractivity contribution >= 4 is 35.6 Å². The third kappa shape index (κ3) is 7.97. The minimum absolute atomic E-state index is 0.0339. The molecule has 1 aliphatic heterocycles. The maximum atomic E-state index is 13.2. The predicted molar refractivity (Wildman–Crippen MR) is 140 cm³/mol. The van der Waals surface area contributed by atoms with Crippen LogP contribution < -0.4 is 26.8 Å². The van der Waals surface area contributed by atoms with Gasteiger partial charge in [-0.15, -0.1) is 0 Å². The molecule has 1 aromatic heterocycles. The van der Waals surface area contributed by atoms with Crippen LogP contribution in [0, 0.1) is 5.92 Å². The molecule has 0 aromatic carbocycles. The fraction of sp³-hybridized carbons (Fsp3) is 0.708. The number of anilines is 3. The monoisotopic (exact) mass is 540 g/mol. The second-order valence-corrected chi connectivity index (χ2v) is 11.4. The first-order chi connectivity index (χ1) is 17.3. The van der Waals surface area contributed by atoms with Crippen molar-refractivity contribution in [2.45, 2.75) is 97.8 Å². The Kier molecular flexibility index (Phi) is 9.25. The highest BCUT2D eigenvalue weighted by Gasteiger charge is 2.43. The normalized spacial score (nSPS) is 18.0. The van der Waals surface area contributed by atoms with Gasteiger partial charge in [0, 0.05) is 6.54 Å². The first-order valence-electron chi connectivity index (χ1n) is 12.3. The summed E-state index contributed by atoms with van der Waals surface area (Å²) < 4.78 is 16.2. The number of carbonyl (C=O) groups excluding carboxylic acids is 3. The van der Waals surface area contributed by atoms with E-state index in [2.05, 4.69) is 20.6 Å². The Hall–Kier alpha value is -3.55. The van der Waals surface area contributed by atoms with Gasteiger partial charge in [-0.1, -0.05) is 13.8 Å². The number of aromatic amines is 1. The number of fused-ring (bicyclic) bond motifs is 1. The van der Waals surface area contributed by atoms with Crippen molar-refractivity contribution in [2.75, 3.05) is 22.5 Å². The first kappa shape index (κ1) is 30.7. The van der Waals surface area contributed by atoms with Crippen LogP contribution in [0.3, 0.4) is 0 Å². The summed E-state index contributed by atoms with van der Waals surface area (Å²) in [5.41, 5.74) is 3.02. The molecule has 6 N–H and O–H groups in total. The zero-order valence-electron chi connectivity index (χ0n) is 23.4. The van der Waals surface area contributed by atoms with Crippen molar-refractivity contribution in [2.24, 2.45) is 5.92 Å². The van der Waals surface area contributed by atoms with Crippen molar-refractivity contribution < 1.29 is 33.7 Å². The average Bonchev–Trinajstić information content (AvgIpc) is 2.73. The van der Waals surface area contributed by atoms with E-state index in [-0.39, 0.29) is 29.9 Å². The fourth-order valence-electron chi connectivity index (χ4n) is 3.67. The Labute approximate surface area is 221 Å². The van der Waals surface area contributed by atoms with Crippen molar-refractivity contribution in [3.05, 3.63) is 10.4 Å². The van der Waals surface area contributed by atoms with Crippen LogP contribution in [0.15, 0.2) is 4.79 Å². The van der Waals surface area contributed by atoms with E-state index in [1.807, 2.05) is 0 Å². The number of nitrogens with zero attached hydrogens (tertiary/aromatic N) is 2. The predicted octanol–water partition coefficient (Wildman–Crippen LogP) is 1.73. The summed E-state index contributed by atoms with van der Waals surface area (Å²) in [5.74, 6) is -1.30. The summed E-state index contributed by atoms with van der Waals surface area (Å²) >= 11 is 0. The molecule has 14 nitrogen and oxygen atoms in total. The highest BCUT2D eigenvalue weighted by atomic mass is 16.6. The average molecular weight is 541 g/mol. The maximum absolute atomic E-state index is 13.2. The lowest BCUT2D eigenvalue weighted by atomic mass is 10.0. The number of nitrogens with one attached hydrogen (secondary N) is 3. The van der Waals surface area contributed by atoms with Crippen LogP contribution in [0.25, 0.3) is 0 Å². The van der Waals surface area contributed by atoms with E-state index < -0.39 is 59.2 Å². The van der Waals surface area contributed by atoms with Gasteiger partial charge >= 0.3 is 18.2 Å². The van der Waals surface area contributed by atoms with Gasteiger partial charge < -0.3 is 35.7 Å². The second kappa shape index (κ2) is 11.5. The summed E-state index contributed by atoms with van der Waals surface area (Å²) in [4.78, 5) is 58.5. The molecule has 14 heteroatoms. The van der Waals surface area contributed by atoms with Gasteiger partial charge in [0.15, 0.2) is 11.5 Å². The smallest absolute Gasteiger partial charge is 0.415 e. The molecular weight excluding hydrogens is 500 g/mol. The zero-order valence-corrected chi connectivity index (χ0v) is 23.4. The number of carbonyl (C=O) groups is 3. The SMILES string of the molecule is CC(C)[C@H](NC(=O)OC(C)(C)C)C(=O)O[C@@H](C)[C@H](O)C1CNc2nc(N)[nH]c(=O)c2N1C(=O)OC(C)(C)C. The number of alkyl carbamates (subject to hydrolysis) is 1. The van der Waals surface area contributed by atoms with Crippen molar-refractivity contribution in [3.63, 3.8) is 0 Å². The molecule has 0 fully saturated rings. The molecule has 1 unspecified atom stereocenters. The number of aliphatic hydroxyl groups is 1. The molecule has 38 heavy (non-hydrogen) atoms. The lowest BCUT2D eigenvalue weighted by Gasteiger charge is -2.40. The van der Waals surface area contributed by atoms with Gasteiger partial charge in [-0.25, -0.2) is 14.4 Å². The van der Waals surface area contributed by atoms with Gasteiger partial charge in [0.1, 0.15) is 29.5 Å². The summed E-state index contributed by atoms with van der Waals surface area (Å²) in [6.07, 6.45) is -4.34. The molecule has 1 aliphatic rings. The highest BCUT2D eigenvalue weighted by Crippen LogP contribution is 2.30. The van der Waals surface area contributed by atoms with Crippen LogP contribution >= 0.6 is 0 Å². The van der Waals surface area contributed by atoms with Gasteiger partial charge in [-0.2, -0.15) is 4.98 Å². The molecule has 2 rings (SSSR count). The van der Waals surface area contributed by atoms with E-state index in [9.17, 15) is 24.3 Å². The second-order valence-electron chi connectivity index (χ2n) is 11.4. The van der Waals surface area contributed by atoms with Crippen molar-refractivity contribution in [1.29, 1.82) is 0 Å². The van der Waals surface area contributed by atoms with Gasteiger partial charge in [0.05, 0.1) is 6.04 Å². The van der Waals surface area contributed by atoms with E-state index in [0.717, 1.165) is 4.90 Å². The number of hydrogen-bond donors (Lipinski definition) is 5. The molecule has 0 saturated carbocycles. The molecular formula is C24H40N6O8. The summed E-state index contributed by atoms with van der Waals surface area (Å²) in [5, 5.41) is 16.6. The van der Waals surface area contributed by atoms with Gasteiger partial charge in [-0.05, 0) is 54.4 Å². The number of H-pyrrole nitrogens is 1. The number of esters is 1. The number of aromatic nitrogens is 2. The quantitative estimate of drug-likeness (QED) is 0.260. The van der Waals surface area contributed by atoms with E-state index in [1.54, 1.807) is 55.4 Å². The number of nitrogen functional groups attached to an aromatic ring is 1. The van der Waals surface area contributed by atoms with Crippen LogP contribution in [0.4, 0.5) is 27.0 Å². The third-order valence-corrected chi connectivity index (χ3v) is 5.32. The maximum Gasteiger partial charge on any atom is 0.415 e. The van der Waals surface area contributed by atoms with Crippen LogP contribution in [0.2, 0.25) is 0 Å². The Bertz CT molecular complexity index is 1090. The minimum atomic E-state index is -1.47. The largest absolute Gasteiger partial charge is 0.458 e. The summed E-state index contributed by atoms with van der Waals surface area (Å²) in [7, 11) is 0. The molecule has 0 spiro atoms. The molecule has 0 aliphatic carbocycles. The Balaban J connectivity index is 2.30. The fourth-order valence-corrected chi connectivity index (χ4v) is 3.67. The molecule has 214 valence electrons. The molecule has 2 heterocycles. The van der Waals surface area contributed by atoms with E-state index in [1.165, 1.54) is 6.92 Å². The minimum Gasteiger partial charge on any atom is -0.458 e. The molecule has 4 atom stereocenters. The number of nitrogens with two attached hydrogens (primary N) is 1.